The van der Waals surface area contributed by atoms with Crippen LogP contribution in [0.5, 0.6) is 0 Å². The highest BCUT2D eigenvalue weighted by Crippen LogP contribution is 2.31. The number of hydrogen-bond donors (Lipinski definition) is 0. The van der Waals surface area contributed by atoms with E-state index in [-0.39, 0.29) is 0 Å². The first-order valence-electron chi connectivity index (χ1n) is 4.58. The van der Waals surface area contributed by atoms with Crippen LogP contribution in [0.1, 0.15) is 13.8 Å². The molecule has 0 bridgehead atoms. The summed E-state index contributed by atoms with van der Waals surface area (Å²) >= 11 is 0. The van der Waals surface area contributed by atoms with E-state index in [4.69, 9.17) is 13.6 Å². The highest BCUT2D eigenvalue weighted by Gasteiger charge is 2.45. The van der Waals surface area contributed by atoms with Crippen LogP contribution in [-0.4, -0.2) is 35.0 Å². The first-order valence-corrected chi connectivity index (χ1v) is 6.98. The van der Waals surface area contributed by atoms with Crippen molar-refractivity contribution in [2.45, 2.75) is 25.9 Å². The molecule has 0 unspecified atom stereocenters. The molecule has 12 heavy (non-hydrogen) atoms. The van der Waals surface area contributed by atoms with E-state index in [2.05, 4.69) is 6.55 Å². The van der Waals surface area contributed by atoms with Gasteiger partial charge in [0.15, 0.2) is 0 Å². The predicted octanol–water partition coefficient (Wildman–Crippen LogP) is 1.53. The van der Waals surface area contributed by atoms with Crippen molar-refractivity contribution in [1.82, 2.24) is 0 Å². The van der Waals surface area contributed by atoms with Crippen LogP contribution in [0.3, 0.4) is 0 Å². The van der Waals surface area contributed by atoms with Gasteiger partial charge in [-0.15, -0.1) is 0 Å². The second-order valence-corrected chi connectivity index (χ2v) is 6.54. The maximum atomic E-state index is 5.71. The lowest BCUT2D eigenvalue weighted by Gasteiger charge is -2.38. The quantitative estimate of drug-likeness (QED) is 0.615. The standard InChI is InChI=1S/C8H18O3Si/c1-4-10-12(3,11-5-2)8-6-9-7-8/h8H,4-7H2,1-3H3. The Balaban J connectivity index is 2.44. The summed E-state index contributed by atoms with van der Waals surface area (Å²) in [5, 5.41) is 0. The molecule has 1 rings (SSSR count). The SMILES string of the molecule is CCO[Si](C)(OCC)C1COC1. The van der Waals surface area contributed by atoms with Gasteiger partial charge >= 0.3 is 8.56 Å². The molecule has 1 heterocycles. The molecule has 0 aromatic rings. The zero-order valence-electron chi connectivity index (χ0n) is 8.13. The van der Waals surface area contributed by atoms with E-state index in [1.165, 1.54) is 0 Å². The Morgan fingerprint density at radius 1 is 1.25 bits per heavy atom. The van der Waals surface area contributed by atoms with E-state index >= 15 is 0 Å². The van der Waals surface area contributed by atoms with Gasteiger partial charge in [0.2, 0.25) is 0 Å². The molecular formula is C8H18O3Si. The van der Waals surface area contributed by atoms with Gasteiger partial charge in [0, 0.05) is 18.8 Å². The Morgan fingerprint density at radius 3 is 2.00 bits per heavy atom. The van der Waals surface area contributed by atoms with Crippen LogP contribution in [0.2, 0.25) is 12.1 Å². The van der Waals surface area contributed by atoms with Gasteiger partial charge in [0.25, 0.3) is 0 Å². The largest absolute Gasteiger partial charge is 0.394 e. The lowest BCUT2D eigenvalue weighted by molar-refractivity contribution is 0.00886. The van der Waals surface area contributed by atoms with E-state index in [1.54, 1.807) is 0 Å². The summed E-state index contributed by atoms with van der Waals surface area (Å²) in [4.78, 5) is 0. The molecule has 4 heteroatoms. The lowest BCUT2D eigenvalue weighted by atomic mass is 10.4. The lowest BCUT2D eigenvalue weighted by Crippen LogP contribution is -2.51. The molecule has 0 aliphatic carbocycles. The molecule has 0 radical (unpaired) electrons. The molecule has 3 nitrogen and oxygen atoms in total. The van der Waals surface area contributed by atoms with Crippen LogP contribution in [-0.2, 0) is 13.6 Å². The normalized spacial score (nSPS) is 19.2. The Bertz CT molecular complexity index is 130. The predicted molar refractivity (Wildman–Crippen MR) is 49.4 cm³/mol. The van der Waals surface area contributed by atoms with Crippen LogP contribution in [0.15, 0.2) is 0 Å². The molecule has 1 saturated heterocycles. The van der Waals surface area contributed by atoms with Crippen molar-refractivity contribution in [3.8, 4) is 0 Å². The average Bonchev–Trinajstić information content (AvgIpc) is 1.82. The van der Waals surface area contributed by atoms with Crippen LogP contribution >= 0.6 is 0 Å². The Hall–Kier alpha value is 0.0969. The monoisotopic (exact) mass is 190 g/mol. The highest BCUT2D eigenvalue weighted by atomic mass is 28.4. The molecule has 0 atom stereocenters. The third-order valence-corrected chi connectivity index (χ3v) is 5.78. The fraction of sp³-hybridized carbons (Fsp3) is 1.00. The summed E-state index contributed by atoms with van der Waals surface area (Å²) < 4.78 is 16.6. The van der Waals surface area contributed by atoms with Gasteiger partial charge in [-0.2, -0.15) is 0 Å². The average molecular weight is 190 g/mol. The van der Waals surface area contributed by atoms with E-state index in [0.29, 0.717) is 5.54 Å². The molecule has 1 aliphatic rings. The molecule has 0 amide bonds. The van der Waals surface area contributed by atoms with Gasteiger partial charge in [0.05, 0.1) is 13.2 Å². The summed E-state index contributed by atoms with van der Waals surface area (Å²) in [5.41, 5.74) is 0.539. The molecule has 0 N–H and O–H groups in total. The molecule has 0 saturated carbocycles. The topological polar surface area (TPSA) is 27.7 Å². The van der Waals surface area contributed by atoms with Crippen molar-refractivity contribution >= 4 is 8.56 Å². The third kappa shape index (κ3) is 2.07. The second kappa shape index (κ2) is 4.37. The minimum Gasteiger partial charge on any atom is -0.394 e. The van der Waals surface area contributed by atoms with Crippen molar-refractivity contribution in [1.29, 1.82) is 0 Å². The minimum atomic E-state index is -1.89. The Kier molecular flexibility index (Phi) is 3.70. The van der Waals surface area contributed by atoms with Gasteiger partial charge in [-0.25, -0.2) is 0 Å². The summed E-state index contributed by atoms with van der Waals surface area (Å²) in [7, 11) is -1.89. The number of hydrogen-bond acceptors (Lipinski definition) is 3. The van der Waals surface area contributed by atoms with E-state index in [0.717, 1.165) is 26.4 Å². The Labute approximate surface area is 75.3 Å². The van der Waals surface area contributed by atoms with Crippen LogP contribution in [0, 0.1) is 0 Å². The molecule has 0 aromatic carbocycles. The summed E-state index contributed by atoms with van der Waals surface area (Å²) in [5.74, 6) is 0. The number of rotatable bonds is 5. The maximum absolute atomic E-state index is 5.71. The van der Waals surface area contributed by atoms with Crippen molar-refractivity contribution in [3.63, 3.8) is 0 Å². The highest BCUT2D eigenvalue weighted by molar-refractivity contribution is 6.68. The summed E-state index contributed by atoms with van der Waals surface area (Å²) in [6, 6.07) is 0. The van der Waals surface area contributed by atoms with Gasteiger partial charge in [-0.05, 0) is 20.4 Å². The summed E-state index contributed by atoms with van der Waals surface area (Å²) in [6.07, 6.45) is 0. The molecule has 0 aromatic heterocycles. The van der Waals surface area contributed by atoms with Crippen LogP contribution in [0.25, 0.3) is 0 Å². The van der Waals surface area contributed by atoms with E-state index < -0.39 is 8.56 Å². The molecule has 0 spiro atoms. The Morgan fingerprint density at radius 2 is 1.75 bits per heavy atom. The smallest absolute Gasteiger partial charge is 0.342 e. The van der Waals surface area contributed by atoms with Crippen LogP contribution < -0.4 is 0 Å². The van der Waals surface area contributed by atoms with Crippen molar-refractivity contribution in [3.05, 3.63) is 0 Å². The van der Waals surface area contributed by atoms with Crippen molar-refractivity contribution in [2.24, 2.45) is 0 Å². The third-order valence-electron chi connectivity index (χ3n) is 2.24. The molecule has 72 valence electrons. The number of ether oxygens (including phenoxy) is 1. The van der Waals surface area contributed by atoms with E-state index in [1.807, 2.05) is 13.8 Å². The second-order valence-electron chi connectivity index (χ2n) is 3.12. The van der Waals surface area contributed by atoms with Crippen LogP contribution in [0.4, 0.5) is 0 Å². The van der Waals surface area contributed by atoms with Gasteiger partial charge in [-0.1, -0.05) is 0 Å². The zero-order valence-corrected chi connectivity index (χ0v) is 9.13. The zero-order chi connectivity index (χ0) is 9.03. The summed E-state index contributed by atoms with van der Waals surface area (Å²) in [6.45, 7) is 9.31. The fourth-order valence-corrected chi connectivity index (χ4v) is 3.93. The fourth-order valence-electron chi connectivity index (χ4n) is 1.39. The minimum absolute atomic E-state index is 0.539. The van der Waals surface area contributed by atoms with Crippen molar-refractivity contribution in [2.75, 3.05) is 26.4 Å². The maximum Gasteiger partial charge on any atom is 0.342 e. The van der Waals surface area contributed by atoms with Gasteiger partial charge in [0.1, 0.15) is 0 Å². The van der Waals surface area contributed by atoms with E-state index in [9.17, 15) is 0 Å². The van der Waals surface area contributed by atoms with Crippen molar-refractivity contribution < 1.29 is 13.6 Å². The first kappa shape index (κ1) is 10.2. The van der Waals surface area contributed by atoms with Gasteiger partial charge < -0.3 is 13.6 Å². The van der Waals surface area contributed by atoms with Gasteiger partial charge in [-0.3, -0.25) is 0 Å². The first-order chi connectivity index (χ1) is 5.73. The molecular weight excluding hydrogens is 172 g/mol. The molecule has 1 fully saturated rings. The molecule has 1 aliphatic heterocycles.